The molecule has 0 amide bonds. The fourth-order valence-corrected chi connectivity index (χ4v) is 6.49. The lowest BCUT2D eigenvalue weighted by Gasteiger charge is -2.37. The summed E-state index contributed by atoms with van der Waals surface area (Å²) in [6, 6.07) is 35.9. The molecular weight excluding hydrogens is 524 g/mol. The van der Waals surface area contributed by atoms with Crippen molar-refractivity contribution in [1.82, 2.24) is 0 Å². The highest BCUT2D eigenvalue weighted by atomic mass is 35.5. The van der Waals surface area contributed by atoms with Crippen molar-refractivity contribution in [3.8, 4) is 5.75 Å². The monoisotopic (exact) mass is 554 g/mol. The van der Waals surface area contributed by atoms with Gasteiger partial charge >= 0.3 is 0 Å². The van der Waals surface area contributed by atoms with Gasteiger partial charge < -0.3 is 10.1 Å². The number of hydrogen-bond acceptors (Lipinski definition) is 3. The van der Waals surface area contributed by atoms with Crippen LogP contribution in [-0.4, -0.2) is 6.21 Å². The molecule has 41 heavy (non-hydrogen) atoms. The number of nitrogens with zero attached hydrogens (tertiary/aromatic N) is 1. The number of halogens is 1. The summed E-state index contributed by atoms with van der Waals surface area (Å²) in [5.41, 5.74) is 8.18. The second kappa shape index (κ2) is 10.9. The van der Waals surface area contributed by atoms with Crippen molar-refractivity contribution in [3.63, 3.8) is 0 Å². The number of allylic oxidation sites excluding steroid dienone is 2. The van der Waals surface area contributed by atoms with Gasteiger partial charge in [-0.2, -0.15) is 0 Å². The second-order valence-electron chi connectivity index (χ2n) is 11.0. The van der Waals surface area contributed by atoms with E-state index in [4.69, 9.17) is 21.3 Å². The number of anilines is 1. The van der Waals surface area contributed by atoms with Crippen LogP contribution in [0, 0.1) is 12.8 Å². The van der Waals surface area contributed by atoms with Gasteiger partial charge in [0.05, 0.1) is 11.7 Å². The van der Waals surface area contributed by atoms with E-state index in [9.17, 15) is 0 Å². The van der Waals surface area contributed by atoms with E-state index in [0.29, 0.717) is 23.5 Å². The first kappa shape index (κ1) is 25.6. The Morgan fingerprint density at radius 3 is 2.68 bits per heavy atom. The van der Waals surface area contributed by atoms with Crippen LogP contribution in [0.4, 0.5) is 11.4 Å². The molecule has 0 unspecified atom stereocenters. The molecule has 1 heterocycles. The molecule has 0 bridgehead atoms. The fourth-order valence-electron chi connectivity index (χ4n) is 6.27. The summed E-state index contributed by atoms with van der Waals surface area (Å²) in [4.78, 5) is 4.90. The minimum absolute atomic E-state index is 0.271. The van der Waals surface area contributed by atoms with Crippen LogP contribution in [0.5, 0.6) is 5.75 Å². The maximum Gasteiger partial charge on any atom is 0.129 e. The smallest absolute Gasteiger partial charge is 0.129 e. The number of rotatable bonds is 6. The Kier molecular flexibility index (Phi) is 6.82. The van der Waals surface area contributed by atoms with Crippen molar-refractivity contribution in [2.24, 2.45) is 10.9 Å². The fraction of sp³-hybridized carbons (Fsp3) is 0.162. The number of aliphatic imine (C=N–C) groups is 1. The molecule has 202 valence electrons. The average molecular weight is 555 g/mol. The maximum absolute atomic E-state index is 6.29. The maximum atomic E-state index is 6.29. The Morgan fingerprint density at radius 1 is 0.927 bits per heavy atom. The van der Waals surface area contributed by atoms with Crippen molar-refractivity contribution >= 4 is 40.0 Å². The molecule has 1 aliphatic carbocycles. The van der Waals surface area contributed by atoms with Crippen molar-refractivity contribution in [1.29, 1.82) is 0 Å². The number of hydrogen-bond donors (Lipinski definition) is 1. The van der Waals surface area contributed by atoms with Gasteiger partial charge in [-0.05, 0) is 83.1 Å². The van der Waals surface area contributed by atoms with Crippen molar-refractivity contribution in [3.05, 3.63) is 148 Å². The number of aryl methyl sites for hydroxylation is 1. The lowest BCUT2D eigenvalue weighted by molar-refractivity contribution is 0.306. The third-order valence-corrected chi connectivity index (χ3v) is 8.56. The zero-order valence-corrected chi connectivity index (χ0v) is 23.7. The topological polar surface area (TPSA) is 33.6 Å². The number of fused-ring (bicyclic) bond motifs is 4. The molecule has 4 heteroatoms. The van der Waals surface area contributed by atoms with Gasteiger partial charge in [-0.25, -0.2) is 0 Å². The Labute approximate surface area is 246 Å². The predicted molar refractivity (Wildman–Crippen MR) is 171 cm³/mol. The Balaban J connectivity index is 1.15. The molecule has 5 aromatic carbocycles. The summed E-state index contributed by atoms with van der Waals surface area (Å²) >= 11 is 6.18. The molecule has 5 aromatic rings. The molecule has 1 N–H and O–H groups in total. The molecule has 0 saturated carbocycles. The highest BCUT2D eigenvalue weighted by Crippen LogP contribution is 2.50. The Morgan fingerprint density at radius 2 is 1.80 bits per heavy atom. The van der Waals surface area contributed by atoms with Crippen LogP contribution >= 0.6 is 11.6 Å². The van der Waals surface area contributed by atoms with Crippen LogP contribution in [0.3, 0.4) is 0 Å². The third kappa shape index (κ3) is 5.14. The van der Waals surface area contributed by atoms with E-state index in [1.54, 1.807) is 0 Å². The standard InChI is InChI=1S/C37H31ClN2O/c1-24-12-18-35-33(20-24)31-10-5-11-32(31)37(40-35)27-13-16-29(17-14-27)39-22-34-30-9-3-2-7-26(30)15-19-36(34)41-23-25-6-4-8-28(38)21-25/h2-10,12-22,31-32,37,40H,11,23H2,1H3/t31-,32-,37-/m1/s1. The first-order chi connectivity index (χ1) is 20.1. The zero-order valence-electron chi connectivity index (χ0n) is 22.9. The van der Waals surface area contributed by atoms with E-state index in [1.165, 1.54) is 22.4 Å². The highest BCUT2D eigenvalue weighted by Gasteiger charge is 2.37. The van der Waals surface area contributed by atoms with E-state index < -0.39 is 0 Å². The molecule has 0 radical (unpaired) electrons. The van der Waals surface area contributed by atoms with Crippen molar-refractivity contribution in [2.45, 2.75) is 31.9 Å². The number of nitrogens with one attached hydrogen (secondary N) is 1. The molecule has 3 atom stereocenters. The average Bonchev–Trinajstić information content (AvgIpc) is 3.50. The minimum Gasteiger partial charge on any atom is -0.488 e. The molecule has 0 spiro atoms. The SMILES string of the molecule is Cc1ccc2c(c1)[C@@H]1C=CC[C@H]1[C@@H](c1ccc(N=Cc3c(OCc4cccc(Cl)c4)ccc4ccccc34)cc1)N2. The van der Waals surface area contributed by atoms with Crippen LogP contribution in [0.2, 0.25) is 5.02 Å². The van der Waals surface area contributed by atoms with Gasteiger partial charge in [0.15, 0.2) is 0 Å². The normalized spacial score (nSPS) is 19.2. The molecular formula is C37H31ClN2O. The van der Waals surface area contributed by atoms with Gasteiger partial charge in [0.25, 0.3) is 0 Å². The van der Waals surface area contributed by atoms with Gasteiger partial charge in [-0.3, -0.25) is 4.99 Å². The molecule has 0 saturated heterocycles. The van der Waals surface area contributed by atoms with E-state index in [-0.39, 0.29) is 6.04 Å². The molecule has 0 fully saturated rings. The van der Waals surface area contributed by atoms with Gasteiger partial charge in [0.2, 0.25) is 0 Å². The Hall–Kier alpha value is -4.34. The van der Waals surface area contributed by atoms with E-state index in [0.717, 1.165) is 39.8 Å². The molecule has 1 aliphatic heterocycles. The van der Waals surface area contributed by atoms with Crippen molar-refractivity contribution < 1.29 is 4.74 Å². The summed E-state index contributed by atoms with van der Waals surface area (Å²) < 4.78 is 6.29. The molecule has 2 aliphatic rings. The van der Waals surface area contributed by atoms with Crippen LogP contribution < -0.4 is 10.1 Å². The van der Waals surface area contributed by atoms with Crippen molar-refractivity contribution in [2.75, 3.05) is 5.32 Å². The molecule has 0 aromatic heterocycles. The van der Waals surface area contributed by atoms with Crippen LogP contribution in [0.15, 0.2) is 120 Å². The predicted octanol–water partition coefficient (Wildman–Crippen LogP) is 9.96. The van der Waals surface area contributed by atoms with Crippen LogP contribution in [-0.2, 0) is 6.61 Å². The van der Waals surface area contributed by atoms with Crippen LogP contribution in [0.1, 0.15) is 46.2 Å². The largest absolute Gasteiger partial charge is 0.488 e. The highest BCUT2D eigenvalue weighted by molar-refractivity contribution is 6.30. The summed E-state index contributed by atoms with van der Waals surface area (Å²) in [5, 5.41) is 6.81. The summed E-state index contributed by atoms with van der Waals surface area (Å²) in [6.07, 6.45) is 7.76. The lowest BCUT2D eigenvalue weighted by atomic mass is 9.76. The van der Waals surface area contributed by atoms with E-state index >= 15 is 0 Å². The quantitative estimate of drug-likeness (QED) is 0.167. The van der Waals surface area contributed by atoms with Gasteiger partial charge in [-0.15, -0.1) is 0 Å². The molecule has 7 rings (SSSR count). The first-order valence-electron chi connectivity index (χ1n) is 14.2. The number of benzene rings is 5. The van der Waals surface area contributed by atoms with E-state index in [2.05, 4.69) is 97.2 Å². The molecule has 3 nitrogen and oxygen atoms in total. The summed E-state index contributed by atoms with van der Waals surface area (Å²) in [7, 11) is 0. The third-order valence-electron chi connectivity index (χ3n) is 8.33. The first-order valence-corrected chi connectivity index (χ1v) is 14.6. The van der Waals surface area contributed by atoms with Crippen LogP contribution in [0.25, 0.3) is 10.8 Å². The zero-order chi connectivity index (χ0) is 27.8. The summed E-state index contributed by atoms with van der Waals surface area (Å²) in [6.45, 7) is 2.61. The number of ether oxygens (including phenoxy) is 1. The summed E-state index contributed by atoms with van der Waals surface area (Å²) in [5.74, 6) is 1.78. The van der Waals surface area contributed by atoms with E-state index in [1.807, 2.05) is 36.5 Å². The van der Waals surface area contributed by atoms with Gasteiger partial charge in [0.1, 0.15) is 12.4 Å². The van der Waals surface area contributed by atoms with Gasteiger partial charge in [0, 0.05) is 28.4 Å². The minimum atomic E-state index is 0.271. The lowest BCUT2D eigenvalue weighted by Crippen LogP contribution is -2.29. The van der Waals surface area contributed by atoms with Gasteiger partial charge in [-0.1, -0.05) is 96.0 Å². The second-order valence-corrected chi connectivity index (χ2v) is 11.5. The Bertz CT molecular complexity index is 1790.